The maximum Gasteiger partial charge on any atom is 0.311 e. The zero-order valence-electron chi connectivity index (χ0n) is 11.2. The monoisotopic (exact) mass is 274 g/mol. The summed E-state index contributed by atoms with van der Waals surface area (Å²) in [5.41, 5.74) is 1.31. The highest BCUT2D eigenvalue weighted by Crippen LogP contribution is 2.27. The van der Waals surface area contributed by atoms with Crippen molar-refractivity contribution in [3.8, 4) is 5.75 Å². The molecule has 0 aliphatic carbocycles. The lowest BCUT2D eigenvalue weighted by atomic mass is 10.2. The van der Waals surface area contributed by atoms with E-state index in [0.29, 0.717) is 5.56 Å². The van der Waals surface area contributed by atoms with Crippen molar-refractivity contribution in [1.29, 1.82) is 0 Å². The number of nitro benzene ring substituents is 1. The number of aromatic nitrogens is 1. The summed E-state index contributed by atoms with van der Waals surface area (Å²) in [5.74, 6) is 0.204. The summed E-state index contributed by atoms with van der Waals surface area (Å²) in [7, 11) is 1.38. The molecular weight excluding hydrogens is 260 g/mol. The second-order valence-electron chi connectivity index (χ2n) is 4.43. The quantitative estimate of drug-likeness (QED) is 0.632. The Hall–Kier alpha value is -2.63. The lowest BCUT2D eigenvalue weighted by molar-refractivity contribution is -0.385. The predicted octanol–water partition coefficient (Wildman–Crippen LogP) is 2.12. The molecule has 0 saturated carbocycles. The van der Waals surface area contributed by atoms with Gasteiger partial charge >= 0.3 is 5.69 Å². The van der Waals surface area contributed by atoms with E-state index in [1.807, 2.05) is 13.0 Å². The lowest BCUT2D eigenvalue weighted by Gasteiger charge is -2.07. The first kappa shape index (κ1) is 13.8. The van der Waals surface area contributed by atoms with Crippen LogP contribution in [0.4, 0.5) is 5.69 Å². The van der Waals surface area contributed by atoms with Crippen LogP contribution in [0.5, 0.6) is 5.75 Å². The molecule has 2 aromatic rings. The molecule has 1 aromatic heterocycles. The number of rotatable bonds is 4. The Morgan fingerprint density at radius 3 is 2.65 bits per heavy atom. The van der Waals surface area contributed by atoms with E-state index in [1.54, 1.807) is 12.3 Å². The van der Waals surface area contributed by atoms with Gasteiger partial charge in [0.25, 0.3) is 5.56 Å². The van der Waals surface area contributed by atoms with Crippen LogP contribution in [0.1, 0.15) is 11.1 Å². The van der Waals surface area contributed by atoms with Crippen LogP contribution >= 0.6 is 0 Å². The third kappa shape index (κ3) is 2.85. The van der Waals surface area contributed by atoms with Crippen LogP contribution in [-0.4, -0.2) is 16.6 Å². The summed E-state index contributed by atoms with van der Waals surface area (Å²) in [4.78, 5) is 22.2. The van der Waals surface area contributed by atoms with Gasteiger partial charge in [-0.1, -0.05) is 6.07 Å². The molecule has 0 radical (unpaired) electrons. The van der Waals surface area contributed by atoms with E-state index in [4.69, 9.17) is 4.74 Å². The minimum absolute atomic E-state index is 0.106. The third-order valence-electron chi connectivity index (χ3n) is 2.94. The fourth-order valence-electron chi connectivity index (χ4n) is 1.91. The van der Waals surface area contributed by atoms with Crippen molar-refractivity contribution in [2.45, 2.75) is 13.5 Å². The van der Waals surface area contributed by atoms with E-state index in [9.17, 15) is 14.9 Å². The van der Waals surface area contributed by atoms with Crippen LogP contribution in [0.2, 0.25) is 0 Å². The zero-order valence-corrected chi connectivity index (χ0v) is 11.2. The van der Waals surface area contributed by atoms with Crippen LogP contribution in [0.25, 0.3) is 0 Å². The van der Waals surface area contributed by atoms with Crippen molar-refractivity contribution in [1.82, 2.24) is 4.57 Å². The van der Waals surface area contributed by atoms with Gasteiger partial charge in [0.05, 0.1) is 18.6 Å². The van der Waals surface area contributed by atoms with E-state index in [0.717, 1.165) is 5.56 Å². The van der Waals surface area contributed by atoms with Gasteiger partial charge in [-0.2, -0.15) is 0 Å². The largest absolute Gasteiger partial charge is 0.490 e. The number of nitrogens with zero attached hydrogens (tertiary/aromatic N) is 2. The standard InChI is InChI=1S/C14H14N2O4/c1-10-5-6-15(14(17)7-10)9-11-3-4-13(20-2)12(8-11)16(18)19/h3-8H,9H2,1-2H3. The highest BCUT2D eigenvalue weighted by atomic mass is 16.6. The Morgan fingerprint density at radius 1 is 1.30 bits per heavy atom. The van der Waals surface area contributed by atoms with Gasteiger partial charge in [-0.15, -0.1) is 0 Å². The maximum atomic E-state index is 11.8. The first-order valence-electron chi connectivity index (χ1n) is 5.99. The van der Waals surface area contributed by atoms with Crippen LogP contribution in [0.3, 0.4) is 0 Å². The van der Waals surface area contributed by atoms with Crippen molar-refractivity contribution in [3.63, 3.8) is 0 Å². The number of aryl methyl sites for hydroxylation is 1. The molecule has 1 aromatic carbocycles. The molecule has 0 N–H and O–H groups in total. The third-order valence-corrected chi connectivity index (χ3v) is 2.94. The second kappa shape index (κ2) is 5.56. The molecule has 0 aliphatic heterocycles. The summed E-state index contributed by atoms with van der Waals surface area (Å²) in [6, 6.07) is 8.01. The Kier molecular flexibility index (Phi) is 3.84. The van der Waals surface area contributed by atoms with Gasteiger partial charge in [-0.05, 0) is 30.2 Å². The van der Waals surface area contributed by atoms with Crippen molar-refractivity contribution in [3.05, 3.63) is 68.1 Å². The molecule has 0 unspecified atom stereocenters. The molecule has 0 atom stereocenters. The molecule has 0 amide bonds. The van der Waals surface area contributed by atoms with Crippen LogP contribution < -0.4 is 10.3 Å². The number of nitro groups is 1. The number of hydrogen-bond acceptors (Lipinski definition) is 4. The number of hydrogen-bond donors (Lipinski definition) is 0. The average molecular weight is 274 g/mol. The molecule has 1 heterocycles. The summed E-state index contributed by atoms with van der Waals surface area (Å²) in [5, 5.41) is 11.0. The van der Waals surface area contributed by atoms with Crippen molar-refractivity contribution in [2.75, 3.05) is 7.11 Å². The van der Waals surface area contributed by atoms with Gasteiger partial charge in [0.15, 0.2) is 5.75 Å². The van der Waals surface area contributed by atoms with Crippen molar-refractivity contribution < 1.29 is 9.66 Å². The SMILES string of the molecule is COc1ccc(Cn2ccc(C)cc2=O)cc1[N+](=O)[O-]. The summed E-state index contributed by atoms with van der Waals surface area (Å²) in [6.07, 6.45) is 1.67. The maximum absolute atomic E-state index is 11.8. The number of pyridine rings is 1. The minimum atomic E-state index is -0.500. The average Bonchev–Trinajstić information content (AvgIpc) is 2.41. The number of ether oxygens (including phenoxy) is 1. The minimum Gasteiger partial charge on any atom is -0.490 e. The molecule has 0 fully saturated rings. The molecule has 2 rings (SSSR count). The molecule has 20 heavy (non-hydrogen) atoms. The van der Waals surface area contributed by atoms with Gasteiger partial charge in [-0.3, -0.25) is 14.9 Å². The molecule has 6 nitrogen and oxygen atoms in total. The molecule has 0 aliphatic rings. The van der Waals surface area contributed by atoms with Crippen LogP contribution in [-0.2, 0) is 6.54 Å². The lowest BCUT2D eigenvalue weighted by Crippen LogP contribution is -2.19. The molecule has 0 spiro atoms. The fraction of sp³-hybridized carbons (Fsp3) is 0.214. The van der Waals surface area contributed by atoms with E-state index >= 15 is 0 Å². The van der Waals surface area contributed by atoms with Crippen molar-refractivity contribution in [2.24, 2.45) is 0 Å². The smallest absolute Gasteiger partial charge is 0.311 e. The van der Waals surface area contributed by atoms with E-state index < -0.39 is 4.92 Å². The van der Waals surface area contributed by atoms with Gasteiger partial charge in [0, 0.05) is 18.3 Å². The molecule has 0 saturated heterocycles. The summed E-state index contributed by atoms with van der Waals surface area (Å²) >= 11 is 0. The fourth-order valence-corrected chi connectivity index (χ4v) is 1.91. The highest BCUT2D eigenvalue weighted by molar-refractivity contribution is 5.48. The van der Waals surface area contributed by atoms with Gasteiger partial charge < -0.3 is 9.30 Å². The molecule has 104 valence electrons. The van der Waals surface area contributed by atoms with Gasteiger partial charge in [-0.25, -0.2) is 0 Å². The Morgan fingerprint density at radius 2 is 2.05 bits per heavy atom. The predicted molar refractivity (Wildman–Crippen MR) is 74.2 cm³/mol. The summed E-state index contributed by atoms with van der Waals surface area (Å²) in [6.45, 7) is 2.12. The number of methoxy groups -OCH3 is 1. The topological polar surface area (TPSA) is 74.4 Å². The van der Waals surface area contributed by atoms with Gasteiger partial charge in [0.1, 0.15) is 0 Å². The highest BCUT2D eigenvalue weighted by Gasteiger charge is 2.15. The van der Waals surface area contributed by atoms with E-state index in [-0.39, 0.29) is 23.5 Å². The first-order valence-corrected chi connectivity index (χ1v) is 5.99. The van der Waals surface area contributed by atoms with E-state index in [2.05, 4.69) is 0 Å². The molecule has 6 heteroatoms. The Balaban J connectivity index is 2.37. The van der Waals surface area contributed by atoms with Crippen LogP contribution in [0.15, 0.2) is 41.3 Å². The van der Waals surface area contributed by atoms with E-state index in [1.165, 1.54) is 29.9 Å². The summed E-state index contributed by atoms with van der Waals surface area (Å²) < 4.78 is 6.44. The molecule has 0 bridgehead atoms. The zero-order chi connectivity index (χ0) is 14.7. The Labute approximate surface area is 115 Å². The van der Waals surface area contributed by atoms with Gasteiger partial charge in [0.2, 0.25) is 0 Å². The second-order valence-corrected chi connectivity index (χ2v) is 4.43. The molecular formula is C14H14N2O4. The van der Waals surface area contributed by atoms with Crippen LogP contribution in [0, 0.1) is 17.0 Å². The van der Waals surface area contributed by atoms with Crippen molar-refractivity contribution >= 4 is 5.69 Å². The normalized spacial score (nSPS) is 10.3. The Bertz CT molecular complexity index is 707. The first-order chi connectivity index (χ1) is 9.51. The number of benzene rings is 1.